The van der Waals surface area contributed by atoms with E-state index in [2.05, 4.69) is 18.2 Å². The average molecular weight is 207 g/mol. The molecule has 0 saturated carbocycles. The normalized spacial score (nSPS) is 10.4. The number of rotatable bonds is 2. The molecule has 0 bridgehead atoms. The Morgan fingerprint density at radius 3 is 2.42 bits per heavy atom. The molecule has 0 saturated heterocycles. The van der Waals surface area contributed by atoms with E-state index in [1.165, 1.54) is 5.56 Å². The molecule has 0 spiro atoms. The van der Waals surface area contributed by atoms with Crippen molar-refractivity contribution >= 4 is 6.08 Å². The minimum absolute atomic E-state index is 0. The molecule has 12 heavy (non-hydrogen) atoms. The summed E-state index contributed by atoms with van der Waals surface area (Å²) < 4.78 is 0. The van der Waals surface area contributed by atoms with E-state index < -0.39 is 0 Å². The number of allylic oxidation sites excluding steroid dienone is 3. The van der Waals surface area contributed by atoms with Crippen molar-refractivity contribution in [2.45, 2.75) is 6.92 Å². The van der Waals surface area contributed by atoms with Crippen molar-refractivity contribution in [1.29, 1.82) is 0 Å². The first-order chi connectivity index (χ1) is 5.43. The zero-order chi connectivity index (χ0) is 7.94. The summed E-state index contributed by atoms with van der Waals surface area (Å²) >= 11 is 0. The Morgan fingerprint density at radius 1 is 1.17 bits per heavy atom. The number of hydrogen-bond acceptors (Lipinski definition) is 0. The maximum Gasteiger partial charge on any atom is 1.00 e. The summed E-state index contributed by atoms with van der Waals surface area (Å²) in [6, 6.07) is 10.1. The molecule has 0 aliphatic carbocycles. The molecular weight excluding hydrogens is 196 g/mol. The van der Waals surface area contributed by atoms with Gasteiger partial charge in [-0.15, -0.1) is 17.7 Å². The van der Waals surface area contributed by atoms with Gasteiger partial charge in [0.1, 0.15) is 0 Å². The van der Waals surface area contributed by atoms with E-state index in [9.17, 15) is 0 Å². The maximum absolute atomic E-state index is 3.05. The third kappa shape index (κ3) is 4.17. The first-order valence-corrected chi connectivity index (χ1v) is 3.69. The van der Waals surface area contributed by atoms with Gasteiger partial charge in [0, 0.05) is 0 Å². The Morgan fingerprint density at radius 2 is 1.83 bits per heavy atom. The molecule has 0 amide bonds. The molecule has 1 rings (SSSR count). The first kappa shape index (κ1) is 11.2. The summed E-state index contributed by atoms with van der Waals surface area (Å²) in [5.41, 5.74) is 1.19. The van der Waals surface area contributed by atoms with Gasteiger partial charge in [0.2, 0.25) is 0 Å². The molecule has 0 nitrogen and oxygen atoms in total. The van der Waals surface area contributed by atoms with E-state index in [-0.39, 0.29) is 17.1 Å². The molecule has 0 radical (unpaired) electrons. The molecule has 0 aliphatic rings. The minimum atomic E-state index is 0. The molecule has 1 aromatic carbocycles. The van der Waals surface area contributed by atoms with Crippen molar-refractivity contribution in [1.82, 2.24) is 0 Å². The predicted octanol–water partition coefficient (Wildman–Crippen LogP) is 3.08. The van der Waals surface area contributed by atoms with Gasteiger partial charge < -0.3 is 0 Å². The van der Waals surface area contributed by atoms with Crippen LogP contribution in [0.25, 0.3) is 6.08 Å². The second kappa shape index (κ2) is 6.90. The van der Waals surface area contributed by atoms with Gasteiger partial charge in [-0.05, 0) is 0 Å². The fourth-order valence-corrected chi connectivity index (χ4v) is 0.790. The Balaban J connectivity index is 0.00000121. The Hall–Kier alpha value is -0.781. The van der Waals surface area contributed by atoms with Crippen LogP contribution in [0, 0.1) is 6.08 Å². The van der Waals surface area contributed by atoms with Gasteiger partial charge in [-0.25, -0.2) is 0 Å². The van der Waals surface area contributed by atoms with Gasteiger partial charge in [-0.2, -0.15) is 24.3 Å². The SMILES string of the molecule is C/C=C/[C-]=Cc1ccccc1.[Cu+]. The molecule has 1 heteroatoms. The zero-order valence-electron chi connectivity index (χ0n) is 6.92. The molecule has 0 heterocycles. The van der Waals surface area contributed by atoms with Gasteiger partial charge in [0.05, 0.1) is 0 Å². The summed E-state index contributed by atoms with van der Waals surface area (Å²) in [5, 5.41) is 0. The van der Waals surface area contributed by atoms with Crippen LogP contribution in [0.1, 0.15) is 12.5 Å². The largest absolute Gasteiger partial charge is 1.00 e. The van der Waals surface area contributed by atoms with Gasteiger partial charge in [0.15, 0.2) is 0 Å². The summed E-state index contributed by atoms with van der Waals surface area (Å²) in [5.74, 6) is 0. The molecule has 66 valence electrons. The molecule has 0 unspecified atom stereocenters. The van der Waals surface area contributed by atoms with Crippen molar-refractivity contribution in [3.05, 3.63) is 54.1 Å². The fraction of sp³-hybridized carbons (Fsp3) is 0.0909. The van der Waals surface area contributed by atoms with Crippen LogP contribution in [0.2, 0.25) is 0 Å². The fourth-order valence-electron chi connectivity index (χ4n) is 0.790. The van der Waals surface area contributed by atoms with Crippen LogP contribution in [-0.4, -0.2) is 0 Å². The predicted molar refractivity (Wildman–Crippen MR) is 49.0 cm³/mol. The monoisotopic (exact) mass is 206 g/mol. The van der Waals surface area contributed by atoms with Crippen molar-refractivity contribution in [2.75, 3.05) is 0 Å². The smallest absolute Gasteiger partial charge is 0.183 e. The quantitative estimate of drug-likeness (QED) is 0.397. The maximum atomic E-state index is 3.05. The topological polar surface area (TPSA) is 0 Å². The number of benzene rings is 1. The van der Waals surface area contributed by atoms with Crippen molar-refractivity contribution in [3.63, 3.8) is 0 Å². The van der Waals surface area contributed by atoms with Crippen molar-refractivity contribution in [3.8, 4) is 0 Å². The van der Waals surface area contributed by atoms with E-state index in [0.717, 1.165) is 0 Å². The summed E-state index contributed by atoms with van der Waals surface area (Å²) in [7, 11) is 0. The zero-order valence-corrected chi connectivity index (χ0v) is 7.86. The summed E-state index contributed by atoms with van der Waals surface area (Å²) in [4.78, 5) is 0. The van der Waals surface area contributed by atoms with Crippen molar-refractivity contribution in [2.24, 2.45) is 0 Å². The van der Waals surface area contributed by atoms with Crippen LogP contribution >= 0.6 is 0 Å². The van der Waals surface area contributed by atoms with Gasteiger partial charge in [-0.1, -0.05) is 25.1 Å². The van der Waals surface area contributed by atoms with E-state index in [1.807, 2.05) is 43.4 Å². The third-order valence-corrected chi connectivity index (χ3v) is 1.31. The molecule has 0 aromatic heterocycles. The number of hydrogen-bond donors (Lipinski definition) is 0. The third-order valence-electron chi connectivity index (χ3n) is 1.31. The van der Waals surface area contributed by atoms with Crippen LogP contribution in [0.4, 0.5) is 0 Å². The molecule has 0 aliphatic heterocycles. The Kier molecular flexibility index (Phi) is 6.45. The van der Waals surface area contributed by atoms with Crippen LogP contribution in [0.5, 0.6) is 0 Å². The van der Waals surface area contributed by atoms with Crippen LogP contribution in [0.15, 0.2) is 42.5 Å². The summed E-state index contributed by atoms with van der Waals surface area (Å²) in [6.45, 7) is 1.98. The van der Waals surface area contributed by atoms with E-state index in [0.29, 0.717) is 0 Å². The standard InChI is InChI=1S/C11H11.Cu/c1-2-3-5-8-11-9-6-4-7-10-11;/h2-4,6-10H,1H3;/q-1;+1/b3-2+;. The van der Waals surface area contributed by atoms with E-state index in [4.69, 9.17) is 0 Å². The van der Waals surface area contributed by atoms with Gasteiger partial charge >= 0.3 is 17.1 Å². The second-order valence-electron chi connectivity index (χ2n) is 2.22. The molecule has 0 atom stereocenters. The van der Waals surface area contributed by atoms with Crippen LogP contribution < -0.4 is 0 Å². The minimum Gasteiger partial charge on any atom is -0.183 e. The Bertz CT molecular complexity index is 247. The van der Waals surface area contributed by atoms with Crippen LogP contribution in [-0.2, 0) is 17.1 Å². The first-order valence-electron chi connectivity index (χ1n) is 3.69. The van der Waals surface area contributed by atoms with Crippen LogP contribution in [0.3, 0.4) is 0 Å². The van der Waals surface area contributed by atoms with Crippen molar-refractivity contribution < 1.29 is 17.1 Å². The average Bonchev–Trinajstić information content (AvgIpc) is 2.07. The van der Waals surface area contributed by atoms with E-state index in [1.54, 1.807) is 0 Å². The molecule has 1 aromatic rings. The second-order valence-corrected chi connectivity index (χ2v) is 2.22. The molecular formula is C11H11Cu. The molecule has 0 fully saturated rings. The summed E-state index contributed by atoms with van der Waals surface area (Å²) in [6.07, 6.45) is 8.86. The Labute approximate surface area is 84.5 Å². The van der Waals surface area contributed by atoms with E-state index >= 15 is 0 Å². The van der Waals surface area contributed by atoms with Gasteiger partial charge in [-0.3, -0.25) is 0 Å². The van der Waals surface area contributed by atoms with Gasteiger partial charge in [0.25, 0.3) is 0 Å². The molecule has 0 N–H and O–H groups in total.